The number of amides is 1. The van der Waals surface area contributed by atoms with Crippen LogP contribution in [0, 0.1) is 5.82 Å². The number of hydrogen-bond donors (Lipinski definition) is 1. The van der Waals surface area contributed by atoms with Crippen molar-refractivity contribution < 1.29 is 13.9 Å². The molecule has 0 bridgehead atoms. The third kappa shape index (κ3) is 2.63. The number of imidazole rings is 1. The van der Waals surface area contributed by atoms with E-state index in [1.165, 1.54) is 24.4 Å². The summed E-state index contributed by atoms with van der Waals surface area (Å²) in [5.74, 6) is -0.490. The number of benzene rings is 2. The maximum atomic E-state index is 14.1. The zero-order chi connectivity index (χ0) is 15.5. The largest absolute Gasteiger partial charge is 0.452 e. The molecule has 22 heavy (non-hydrogen) atoms. The summed E-state index contributed by atoms with van der Waals surface area (Å²) in [6, 6.07) is 12.4. The molecular weight excluding hydrogens is 285 g/mol. The summed E-state index contributed by atoms with van der Waals surface area (Å²) in [6.45, 7) is 0.284. The van der Waals surface area contributed by atoms with Crippen LogP contribution in [0.3, 0.4) is 0 Å². The minimum Gasteiger partial charge on any atom is -0.452 e. The highest BCUT2D eigenvalue weighted by Crippen LogP contribution is 2.25. The van der Waals surface area contributed by atoms with Gasteiger partial charge in [-0.3, -0.25) is 4.90 Å². The van der Waals surface area contributed by atoms with Gasteiger partial charge in [-0.1, -0.05) is 30.3 Å². The lowest BCUT2D eigenvalue weighted by Gasteiger charge is -2.21. The van der Waals surface area contributed by atoms with E-state index in [-0.39, 0.29) is 12.1 Å². The second kappa shape index (κ2) is 5.85. The molecular formula is C16H14FN3O2. The molecule has 0 aliphatic rings. The molecule has 0 aliphatic heterocycles. The zero-order valence-corrected chi connectivity index (χ0v) is 11.9. The molecule has 0 radical (unpaired) electrons. The molecule has 3 rings (SSSR count). The number of nitrogens with zero attached hydrogens (tertiary/aromatic N) is 2. The lowest BCUT2D eigenvalue weighted by molar-refractivity contribution is 0.178. The van der Waals surface area contributed by atoms with Crippen molar-refractivity contribution in [2.24, 2.45) is 0 Å². The first-order chi connectivity index (χ1) is 10.7. The van der Waals surface area contributed by atoms with Crippen molar-refractivity contribution in [3.05, 3.63) is 60.2 Å². The normalized spacial score (nSPS) is 10.6. The molecule has 0 unspecified atom stereocenters. The summed E-state index contributed by atoms with van der Waals surface area (Å²) >= 11 is 0. The molecule has 1 N–H and O–H groups in total. The number of carbonyl (C=O) groups is 1. The van der Waals surface area contributed by atoms with E-state index >= 15 is 0 Å². The van der Waals surface area contributed by atoms with Gasteiger partial charge in [-0.2, -0.15) is 0 Å². The lowest BCUT2D eigenvalue weighted by Crippen LogP contribution is -2.30. The van der Waals surface area contributed by atoms with Crippen LogP contribution in [0.2, 0.25) is 0 Å². The van der Waals surface area contributed by atoms with Crippen LogP contribution in [-0.2, 0) is 11.3 Å². The first-order valence-corrected chi connectivity index (χ1v) is 6.71. The van der Waals surface area contributed by atoms with Crippen molar-refractivity contribution >= 4 is 22.8 Å². The summed E-state index contributed by atoms with van der Waals surface area (Å²) in [6.07, 6.45) is 0.860. The van der Waals surface area contributed by atoms with Crippen LogP contribution in [0.4, 0.5) is 14.9 Å². The topological polar surface area (TPSA) is 58.2 Å². The van der Waals surface area contributed by atoms with Crippen LogP contribution >= 0.6 is 0 Å². The molecule has 0 spiro atoms. The van der Waals surface area contributed by atoms with E-state index in [2.05, 4.69) is 9.97 Å². The number of carbonyl (C=O) groups excluding carboxylic acids is 1. The van der Waals surface area contributed by atoms with Gasteiger partial charge in [0.1, 0.15) is 5.52 Å². The van der Waals surface area contributed by atoms with Crippen molar-refractivity contribution in [3.8, 4) is 0 Å². The molecule has 2 aromatic carbocycles. The lowest BCUT2D eigenvalue weighted by atomic mass is 10.2. The van der Waals surface area contributed by atoms with Gasteiger partial charge in [-0.05, 0) is 11.6 Å². The zero-order valence-electron chi connectivity index (χ0n) is 11.9. The van der Waals surface area contributed by atoms with E-state index in [0.29, 0.717) is 11.2 Å². The fraction of sp³-hybridized carbons (Fsp3) is 0.125. The molecule has 112 valence electrons. The number of rotatable bonds is 3. The van der Waals surface area contributed by atoms with Gasteiger partial charge in [0.05, 0.1) is 31.2 Å². The van der Waals surface area contributed by atoms with E-state index < -0.39 is 11.9 Å². The molecule has 1 aromatic heterocycles. The van der Waals surface area contributed by atoms with Gasteiger partial charge in [0.2, 0.25) is 0 Å². The number of anilines is 1. The van der Waals surface area contributed by atoms with Crippen molar-refractivity contribution in [1.82, 2.24) is 9.97 Å². The summed E-state index contributed by atoms with van der Waals surface area (Å²) in [4.78, 5) is 20.2. The minimum absolute atomic E-state index is 0.244. The number of aromatic nitrogens is 2. The molecule has 3 aromatic rings. The van der Waals surface area contributed by atoms with Gasteiger partial charge in [0.25, 0.3) is 0 Å². The highest BCUT2D eigenvalue weighted by atomic mass is 19.1. The first kappa shape index (κ1) is 14.1. The third-order valence-electron chi connectivity index (χ3n) is 3.35. The number of aromatic amines is 1. The van der Waals surface area contributed by atoms with E-state index in [1.807, 2.05) is 30.3 Å². The van der Waals surface area contributed by atoms with Crippen molar-refractivity contribution in [1.29, 1.82) is 0 Å². The van der Waals surface area contributed by atoms with E-state index in [1.54, 1.807) is 6.07 Å². The second-order valence-electron chi connectivity index (χ2n) is 4.77. The number of ether oxygens (including phenoxy) is 1. The number of halogens is 1. The Balaban J connectivity index is 2.02. The number of hydrogen-bond acceptors (Lipinski definition) is 3. The standard InChI is InChI=1S/C16H14FN3O2/c1-22-16(21)20(9-11-5-3-2-4-6-11)12-7-13(17)15-14(8-12)18-10-19-15/h2-8,10H,9H2,1H3,(H,18,19). The molecule has 6 heteroatoms. The average Bonchev–Trinajstić information content (AvgIpc) is 3.02. The first-order valence-electron chi connectivity index (χ1n) is 6.71. The van der Waals surface area contributed by atoms with Gasteiger partial charge in [-0.25, -0.2) is 14.2 Å². The quantitative estimate of drug-likeness (QED) is 0.805. The Morgan fingerprint density at radius 2 is 2.09 bits per heavy atom. The number of methoxy groups -OCH3 is 1. The summed E-state index contributed by atoms with van der Waals surface area (Å²) in [5.41, 5.74) is 2.09. The van der Waals surface area contributed by atoms with Gasteiger partial charge < -0.3 is 9.72 Å². The molecule has 0 aliphatic carbocycles. The van der Waals surface area contributed by atoms with Gasteiger partial charge >= 0.3 is 6.09 Å². The van der Waals surface area contributed by atoms with Crippen LogP contribution in [0.1, 0.15) is 5.56 Å². The third-order valence-corrected chi connectivity index (χ3v) is 3.35. The smallest absolute Gasteiger partial charge is 0.414 e. The fourth-order valence-corrected chi connectivity index (χ4v) is 2.29. The highest BCUT2D eigenvalue weighted by molar-refractivity contribution is 5.91. The summed E-state index contributed by atoms with van der Waals surface area (Å²) in [7, 11) is 1.30. The molecule has 0 atom stereocenters. The molecule has 0 saturated carbocycles. The van der Waals surface area contributed by atoms with Crippen LogP contribution in [-0.4, -0.2) is 23.2 Å². The van der Waals surface area contributed by atoms with Crippen LogP contribution in [0.15, 0.2) is 48.8 Å². The molecule has 1 amide bonds. The van der Waals surface area contributed by atoms with Crippen molar-refractivity contribution in [3.63, 3.8) is 0 Å². The summed E-state index contributed by atoms with van der Waals surface area (Å²) < 4.78 is 18.9. The predicted octanol–water partition coefficient (Wildman–Crippen LogP) is 3.48. The summed E-state index contributed by atoms with van der Waals surface area (Å²) in [5, 5.41) is 0. The van der Waals surface area contributed by atoms with Gasteiger partial charge in [-0.15, -0.1) is 0 Å². The Kier molecular flexibility index (Phi) is 3.74. The Labute approximate surface area is 126 Å². The van der Waals surface area contributed by atoms with Crippen LogP contribution < -0.4 is 4.90 Å². The van der Waals surface area contributed by atoms with E-state index in [0.717, 1.165) is 5.56 Å². The molecule has 1 heterocycles. The highest BCUT2D eigenvalue weighted by Gasteiger charge is 2.19. The van der Waals surface area contributed by atoms with E-state index in [9.17, 15) is 9.18 Å². The monoisotopic (exact) mass is 299 g/mol. The predicted molar refractivity (Wildman–Crippen MR) is 81.1 cm³/mol. The van der Waals surface area contributed by atoms with Gasteiger partial charge in [0.15, 0.2) is 5.82 Å². The number of nitrogens with one attached hydrogen (secondary N) is 1. The molecule has 5 nitrogen and oxygen atoms in total. The number of H-pyrrole nitrogens is 1. The van der Waals surface area contributed by atoms with Crippen LogP contribution in [0.25, 0.3) is 11.0 Å². The maximum Gasteiger partial charge on any atom is 0.414 e. The second-order valence-corrected chi connectivity index (χ2v) is 4.77. The fourth-order valence-electron chi connectivity index (χ4n) is 2.29. The SMILES string of the molecule is COC(=O)N(Cc1ccccc1)c1cc(F)c2nc[nH]c2c1. The minimum atomic E-state index is -0.554. The van der Waals surface area contributed by atoms with Crippen molar-refractivity contribution in [2.75, 3.05) is 12.0 Å². The van der Waals surface area contributed by atoms with Crippen LogP contribution in [0.5, 0.6) is 0 Å². The maximum absolute atomic E-state index is 14.1. The average molecular weight is 299 g/mol. The Hall–Kier alpha value is -2.89. The molecule has 0 saturated heterocycles. The van der Waals surface area contributed by atoms with Crippen molar-refractivity contribution in [2.45, 2.75) is 6.54 Å². The molecule has 0 fully saturated rings. The Morgan fingerprint density at radius 3 is 2.82 bits per heavy atom. The van der Waals surface area contributed by atoms with E-state index in [4.69, 9.17) is 4.74 Å². The Morgan fingerprint density at radius 1 is 1.32 bits per heavy atom. The number of fused-ring (bicyclic) bond motifs is 1. The van der Waals surface area contributed by atoms with Gasteiger partial charge in [0, 0.05) is 6.07 Å². The Bertz CT molecular complexity index is 802.